The predicted molar refractivity (Wildman–Crippen MR) is 467 cm³/mol. The van der Waals surface area contributed by atoms with Crippen LogP contribution in [0.3, 0.4) is 0 Å². The van der Waals surface area contributed by atoms with Gasteiger partial charge in [-0.1, -0.05) is 308 Å². The van der Waals surface area contributed by atoms with E-state index in [0.717, 1.165) is 151 Å². The van der Waals surface area contributed by atoms with Gasteiger partial charge in [-0.25, -0.2) is 0 Å². The lowest BCUT2D eigenvalue weighted by molar-refractivity contribution is 0.590. The Labute approximate surface area is 643 Å². The number of hydrogen-bond donors (Lipinski definition) is 0. The Bertz CT molecular complexity index is 6420. The van der Waals surface area contributed by atoms with Crippen molar-refractivity contribution in [3.8, 4) is 72.4 Å². The molecule has 2 aliphatic heterocycles. The number of aromatic nitrogens is 1. The maximum Gasteiger partial charge on any atom is 0.252 e. The zero-order chi connectivity index (χ0) is 73.9. The molecule has 0 N–H and O–H groups in total. The van der Waals surface area contributed by atoms with Gasteiger partial charge in [0.2, 0.25) is 0 Å². The second-order valence-corrected chi connectivity index (χ2v) is 31.6. The zero-order valence-electron chi connectivity index (χ0n) is 62.5. The molecule has 18 aromatic rings. The fraction of sp³-hybridized carbons (Fsp3) is 0.0769. The second kappa shape index (κ2) is 26.2. The monoisotopic (exact) mass is 1410 g/mol. The SMILES string of the molecule is CC(C)(C)c1ccc(N(c2ccc(C(C)(C)C)cc2)c2ccc3c(c2)N(c2c(-c4ccccc4)cccc2-c2ccccc2)c2cc(-c4ccc5oc6ccccc6c5c4)cc4c2B3c2ccc(-c3ccc5c(c3)c3ccccc3n5-c3ccccc3)cc2N4c2c(-c3ccccc3)cccc2-c2ccccc2)cc1. The minimum absolute atomic E-state index is 0.0486. The van der Waals surface area contributed by atoms with E-state index in [2.05, 4.69) is 431 Å². The van der Waals surface area contributed by atoms with Gasteiger partial charge in [0.05, 0.1) is 22.4 Å². The van der Waals surface area contributed by atoms with Crippen LogP contribution in [0.2, 0.25) is 0 Å². The Hall–Kier alpha value is -13.4. The maximum atomic E-state index is 6.68. The summed E-state index contributed by atoms with van der Waals surface area (Å²) in [5.74, 6) is 0. The second-order valence-electron chi connectivity index (χ2n) is 31.6. The van der Waals surface area contributed by atoms with E-state index < -0.39 is 0 Å². The summed E-state index contributed by atoms with van der Waals surface area (Å²) in [4.78, 5) is 7.83. The summed E-state index contributed by atoms with van der Waals surface area (Å²) < 4.78 is 9.09. The van der Waals surface area contributed by atoms with Crippen molar-refractivity contribution in [1.82, 2.24) is 4.57 Å². The number of fused-ring (bicyclic) bond motifs is 10. The lowest BCUT2D eigenvalue weighted by Crippen LogP contribution is -2.61. The third-order valence-electron chi connectivity index (χ3n) is 22.9. The van der Waals surface area contributed by atoms with E-state index in [9.17, 15) is 0 Å². The third kappa shape index (κ3) is 11.1. The molecule has 0 spiro atoms. The topological polar surface area (TPSA) is 27.8 Å². The molecule has 20 rings (SSSR count). The fourth-order valence-corrected chi connectivity index (χ4v) is 17.5. The predicted octanol–water partition coefficient (Wildman–Crippen LogP) is 26.8. The molecule has 524 valence electrons. The molecular weight excluding hydrogens is 1330 g/mol. The number of hydrogen-bond acceptors (Lipinski definition) is 4. The van der Waals surface area contributed by atoms with Crippen LogP contribution in [0.4, 0.5) is 51.2 Å². The molecule has 0 unspecified atom stereocenters. The van der Waals surface area contributed by atoms with E-state index in [1.807, 2.05) is 0 Å². The van der Waals surface area contributed by atoms with E-state index in [0.29, 0.717) is 0 Å². The largest absolute Gasteiger partial charge is 0.456 e. The first-order valence-electron chi connectivity index (χ1n) is 38.4. The molecule has 16 aromatic carbocycles. The van der Waals surface area contributed by atoms with Crippen LogP contribution in [0.15, 0.2) is 374 Å². The minimum Gasteiger partial charge on any atom is -0.456 e. The van der Waals surface area contributed by atoms with Gasteiger partial charge in [-0.05, 0) is 186 Å². The average Bonchev–Trinajstić information content (AvgIpc) is 0.748. The normalized spacial score (nSPS) is 12.6. The summed E-state index contributed by atoms with van der Waals surface area (Å²) in [6, 6.07) is 138. The summed E-state index contributed by atoms with van der Waals surface area (Å²) in [6.07, 6.45) is 0. The van der Waals surface area contributed by atoms with Crippen LogP contribution >= 0.6 is 0 Å². The summed E-state index contributed by atoms with van der Waals surface area (Å²) in [5.41, 5.74) is 34.3. The van der Waals surface area contributed by atoms with Crippen LogP contribution in [0.1, 0.15) is 52.7 Å². The molecule has 0 saturated carbocycles. The molecular formula is C104H79BN4O. The summed E-state index contributed by atoms with van der Waals surface area (Å²) >= 11 is 0. The molecule has 0 atom stereocenters. The lowest BCUT2D eigenvalue weighted by atomic mass is 9.33. The Morgan fingerprint density at radius 3 is 1.19 bits per heavy atom. The molecule has 2 aromatic heterocycles. The van der Waals surface area contributed by atoms with Crippen LogP contribution in [-0.4, -0.2) is 11.3 Å². The maximum absolute atomic E-state index is 6.68. The van der Waals surface area contributed by atoms with Gasteiger partial charge >= 0.3 is 0 Å². The number of rotatable bonds is 12. The molecule has 110 heavy (non-hydrogen) atoms. The van der Waals surface area contributed by atoms with E-state index in [4.69, 9.17) is 4.42 Å². The van der Waals surface area contributed by atoms with Crippen molar-refractivity contribution in [3.63, 3.8) is 0 Å². The van der Waals surface area contributed by atoms with Crippen LogP contribution in [0.5, 0.6) is 0 Å². The fourth-order valence-electron chi connectivity index (χ4n) is 17.5. The molecule has 2 aliphatic rings. The molecule has 0 fully saturated rings. The highest BCUT2D eigenvalue weighted by Gasteiger charge is 2.46. The zero-order valence-corrected chi connectivity index (χ0v) is 62.5. The molecule has 4 heterocycles. The smallest absolute Gasteiger partial charge is 0.252 e. The van der Waals surface area contributed by atoms with Gasteiger partial charge in [-0.2, -0.15) is 0 Å². The molecule has 0 bridgehead atoms. The Kier molecular flexibility index (Phi) is 15.7. The van der Waals surface area contributed by atoms with Gasteiger partial charge in [-0.15, -0.1) is 0 Å². The lowest BCUT2D eigenvalue weighted by Gasteiger charge is -2.46. The molecule has 0 amide bonds. The number of benzene rings is 16. The summed E-state index contributed by atoms with van der Waals surface area (Å²) in [7, 11) is 0. The summed E-state index contributed by atoms with van der Waals surface area (Å²) in [5, 5.41) is 4.56. The van der Waals surface area contributed by atoms with E-state index in [1.54, 1.807) is 0 Å². The van der Waals surface area contributed by atoms with Gasteiger partial charge < -0.3 is 23.7 Å². The first-order valence-corrected chi connectivity index (χ1v) is 38.4. The first kappa shape index (κ1) is 66.1. The highest BCUT2D eigenvalue weighted by atomic mass is 16.3. The van der Waals surface area contributed by atoms with Crippen LogP contribution < -0.4 is 31.1 Å². The molecule has 5 nitrogen and oxygen atoms in total. The van der Waals surface area contributed by atoms with Crippen molar-refractivity contribution < 1.29 is 4.42 Å². The van der Waals surface area contributed by atoms with Gasteiger partial charge in [-0.3, -0.25) is 0 Å². The number of furan rings is 1. The molecule has 0 radical (unpaired) electrons. The molecule has 6 heteroatoms. The average molecular weight is 1410 g/mol. The van der Waals surface area contributed by atoms with Crippen molar-refractivity contribution in [3.05, 3.63) is 381 Å². The first-order chi connectivity index (χ1) is 53.8. The van der Waals surface area contributed by atoms with Gasteiger partial charge in [0.1, 0.15) is 11.2 Å². The van der Waals surface area contributed by atoms with Crippen molar-refractivity contribution >= 4 is 118 Å². The van der Waals surface area contributed by atoms with Crippen molar-refractivity contribution in [2.24, 2.45) is 0 Å². The molecule has 0 saturated heterocycles. The van der Waals surface area contributed by atoms with Crippen molar-refractivity contribution in [1.29, 1.82) is 0 Å². The van der Waals surface area contributed by atoms with Gasteiger partial charge in [0.25, 0.3) is 6.71 Å². The number of anilines is 9. The number of para-hydroxylation sites is 5. The van der Waals surface area contributed by atoms with Gasteiger partial charge in [0, 0.05) is 89.3 Å². The standard InChI is InChI=1S/C104H79BN4O/c1-103(2,3)76-49-53-79(54-50-76)106(80-55-51-77(52-56-80)104(4,5)6)81-57-59-91-95(67-81)109(102-84(70-32-16-9-17-33-70)42-27-43-85(102)71-34-18-10-19-35-71)97-66-75(73-48-61-99-89(63-73)87-39-23-25-45-98(87)110-99)65-96-100(97)105(91)90-58-46-74(72-47-60-93-88(62-72)86-38-22-24-44-92(86)107(93)78-36-20-11-21-37-78)64-94(90)108(96)101-82(68-28-12-7-13-29-68)40-26-41-83(101)69-30-14-8-15-31-69/h7-67H,1-6H3. The van der Waals surface area contributed by atoms with Crippen LogP contribution in [0.25, 0.3) is 116 Å². The Morgan fingerprint density at radius 1 is 0.273 bits per heavy atom. The van der Waals surface area contributed by atoms with E-state index in [-0.39, 0.29) is 17.5 Å². The quantitative estimate of drug-likeness (QED) is 0.114. The van der Waals surface area contributed by atoms with Crippen LogP contribution in [0, 0.1) is 0 Å². The highest BCUT2D eigenvalue weighted by Crippen LogP contribution is 2.55. The van der Waals surface area contributed by atoms with Crippen molar-refractivity contribution in [2.75, 3.05) is 14.7 Å². The van der Waals surface area contributed by atoms with Crippen LogP contribution in [-0.2, 0) is 10.8 Å². The Morgan fingerprint density at radius 2 is 0.664 bits per heavy atom. The highest BCUT2D eigenvalue weighted by molar-refractivity contribution is 7.00. The Balaban J connectivity index is 0.934. The molecule has 0 aliphatic carbocycles. The van der Waals surface area contributed by atoms with E-state index >= 15 is 0 Å². The minimum atomic E-state index is -0.292. The third-order valence-corrected chi connectivity index (χ3v) is 22.9. The number of nitrogens with zero attached hydrogens (tertiary/aromatic N) is 4. The summed E-state index contributed by atoms with van der Waals surface area (Å²) in [6.45, 7) is 13.5. The van der Waals surface area contributed by atoms with E-state index in [1.165, 1.54) is 43.8 Å². The van der Waals surface area contributed by atoms with Crippen molar-refractivity contribution in [2.45, 2.75) is 52.4 Å². The van der Waals surface area contributed by atoms with Gasteiger partial charge in [0.15, 0.2) is 0 Å².